The van der Waals surface area contributed by atoms with Crippen LogP contribution >= 0.6 is 22.9 Å². The number of thiazole rings is 1. The monoisotopic (exact) mass is 261 g/mol. The number of amides is 1. The Kier molecular flexibility index (Phi) is 5.02. The summed E-state index contributed by atoms with van der Waals surface area (Å²) in [4.78, 5) is 17.4. The van der Waals surface area contributed by atoms with Gasteiger partial charge in [-0.2, -0.15) is 0 Å². The van der Waals surface area contributed by atoms with E-state index in [1.807, 2.05) is 7.05 Å². The van der Waals surface area contributed by atoms with E-state index >= 15 is 0 Å². The highest BCUT2D eigenvalue weighted by atomic mass is 35.5. The zero-order valence-corrected chi connectivity index (χ0v) is 11.2. The van der Waals surface area contributed by atoms with Gasteiger partial charge in [0, 0.05) is 19.0 Å². The van der Waals surface area contributed by atoms with Gasteiger partial charge >= 0.3 is 0 Å². The summed E-state index contributed by atoms with van der Waals surface area (Å²) in [5, 5.41) is 5.82. The largest absolute Gasteiger partial charge is 0.354 e. The lowest BCUT2D eigenvalue weighted by atomic mass is 10.2. The van der Waals surface area contributed by atoms with Gasteiger partial charge in [0.2, 0.25) is 5.91 Å². The van der Waals surface area contributed by atoms with Crippen LogP contribution in [0.1, 0.15) is 13.8 Å². The third kappa shape index (κ3) is 4.37. The predicted molar refractivity (Wildman–Crippen MR) is 68.2 cm³/mol. The standard InChI is InChI=1S/C10H16ClN3OS/c1-7(2)4-12-9(15)5-14(3)10-13-8(11)6-16-10/h6-7H,4-5H2,1-3H3,(H,12,15). The fourth-order valence-electron chi connectivity index (χ4n) is 1.08. The molecule has 0 atom stereocenters. The summed E-state index contributed by atoms with van der Waals surface area (Å²) in [7, 11) is 1.82. The van der Waals surface area contributed by atoms with Crippen molar-refractivity contribution in [3.63, 3.8) is 0 Å². The van der Waals surface area contributed by atoms with Crippen molar-refractivity contribution in [2.75, 3.05) is 25.0 Å². The third-order valence-corrected chi connectivity index (χ3v) is 3.16. The van der Waals surface area contributed by atoms with Crippen LogP contribution in [0.2, 0.25) is 5.15 Å². The zero-order chi connectivity index (χ0) is 12.1. The molecule has 0 bridgehead atoms. The Bertz CT molecular complexity index is 354. The van der Waals surface area contributed by atoms with E-state index in [4.69, 9.17) is 11.6 Å². The Hall–Kier alpha value is -0.810. The number of nitrogens with one attached hydrogen (secondary N) is 1. The van der Waals surface area contributed by atoms with Crippen LogP contribution in [0, 0.1) is 5.92 Å². The summed E-state index contributed by atoms with van der Waals surface area (Å²) < 4.78 is 0. The molecule has 1 rings (SSSR count). The molecule has 0 aliphatic heterocycles. The van der Waals surface area contributed by atoms with Crippen LogP contribution in [-0.4, -0.2) is 31.0 Å². The second-order valence-electron chi connectivity index (χ2n) is 4.01. The molecule has 0 aromatic carbocycles. The minimum absolute atomic E-state index is 0.00234. The van der Waals surface area contributed by atoms with Crippen molar-refractivity contribution in [3.05, 3.63) is 10.5 Å². The summed E-state index contributed by atoms with van der Waals surface area (Å²) in [5.74, 6) is 0.464. The Morgan fingerprint density at radius 1 is 1.69 bits per heavy atom. The highest BCUT2D eigenvalue weighted by molar-refractivity contribution is 7.14. The predicted octanol–water partition coefficient (Wildman–Crippen LogP) is 2.00. The van der Waals surface area contributed by atoms with Crippen LogP contribution in [0.5, 0.6) is 0 Å². The lowest BCUT2D eigenvalue weighted by Crippen LogP contribution is -2.36. The van der Waals surface area contributed by atoms with Crippen molar-refractivity contribution in [2.24, 2.45) is 5.92 Å². The van der Waals surface area contributed by atoms with Crippen LogP contribution in [0.4, 0.5) is 5.13 Å². The van der Waals surface area contributed by atoms with Gasteiger partial charge in [-0.25, -0.2) is 4.98 Å². The Morgan fingerprint density at radius 3 is 2.88 bits per heavy atom. The fraction of sp³-hybridized carbons (Fsp3) is 0.600. The number of hydrogen-bond acceptors (Lipinski definition) is 4. The second-order valence-corrected chi connectivity index (χ2v) is 5.23. The Morgan fingerprint density at radius 2 is 2.38 bits per heavy atom. The average molecular weight is 262 g/mol. The van der Waals surface area contributed by atoms with Crippen molar-refractivity contribution in [3.8, 4) is 0 Å². The number of likely N-dealkylation sites (N-methyl/N-ethyl adjacent to an activating group) is 1. The number of carbonyl (C=O) groups excluding carboxylic acids is 1. The molecular weight excluding hydrogens is 246 g/mol. The average Bonchev–Trinajstić information content (AvgIpc) is 2.62. The first-order chi connectivity index (χ1) is 7.49. The van der Waals surface area contributed by atoms with E-state index in [1.54, 1.807) is 10.3 Å². The molecule has 6 heteroatoms. The number of hydrogen-bond donors (Lipinski definition) is 1. The molecule has 1 amide bonds. The summed E-state index contributed by atoms with van der Waals surface area (Å²) in [5.41, 5.74) is 0. The lowest BCUT2D eigenvalue weighted by Gasteiger charge is -2.15. The van der Waals surface area contributed by atoms with E-state index < -0.39 is 0 Å². The molecule has 1 heterocycles. The Balaban J connectivity index is 2.39. The number of carbonyl (C=O) groups is 1. The first-order valence-corrected chi connectivity index (χ1v) is 6.33. The van der Waals surface area contributed by atoms with Gasteiger partial charge in [0.05, 0.1) is 6.54 Å². The van der Waals surface area contributed by atoms with Crippen molar-refractivity contribution >= 4 is 34.0 Å². The van der Waals surface area contributed by atoms with E-state index in [2.05, 4.69) is 24.1 Å². The molecule has 1 aromatic rings. The summed E-state index contributed by atoms with van der Waals surface area (Å²) in [6, 6.07) is 0. The Labute approximate surface area is 105 Å². The van der Waals surface area contributed by atoms with Gasteiger partial charge in [0.1, 0.15) is 5.15 Å². The zero-order valence-electron chi connectivity index (χ0n) is 9.66. The van der Waals surface area contributed by atoms with Crippen molar-refractivity contribution in [1.29, 1.82) is 0 Å². The van der Waals surface area contributed by atoms with Gasteiger partial charge in [0.15, 0.2) is 5.13 Å². The number of nitrogens with zero attached hydrogens (tertiary/aromatic N) is 2. The maximum absolute atomic E-state index is 11.5. The number of halogens is 1. The minimum Gasteiger partial charge on any atom is -0.354 e. The molecule has 0 aliphatic rings. The number of aromatic nitrogens is 1. The first kappa shape index (κ1) is 13.3. The molecule has 0 spiro atoms. The molecule has 0 fully saturated rings. The summed E-state index contributed by atoms with van der Waals surface area (Å²) in [6.07, 6.45) is 0. The van der Waals surface area contributed by atoms with Gasteiger partial charge < -0.3 is 10.2 Å². The van der Waals surface area contributed by atoms with Gasteiger partial charge in [-0.3, -0.25) is 4.79 Å². The van der Waals surface area contributed by atoms with Crippen LogP contribution in [-0.2, 0) is 4.79 Å². The van der Waals surface area contributed by atoms with Gasteiger partial charge in [-0.05, 0) is 5.92 Å². The van der Waals surface area contributed by atoms with E-state index in [0.717, 1.165) is 5.13 Å². The van der Waals surface area contributed by atoms with Crippen LogP contribution < -0.4 is 10.2 Å². The van der Waals surface area contributed by atoms with Crippen molar-refractivity contribution < 1.29 is 4.79 Å². The van der Waals surface area contributed by atoms with Crippen LogP contribution in [0.3, 0.4) is 0 Å². The highest BCUT2D eigenvalue weighted by Gasteiger charge is 2.10. The van der Waals surface area contributed by atoms with Gasteiger partial charge in [0.25, 0.3) is 0 Å². The SMILES string of the molecule is CC(C)CNC(=O)CN(C)c1nc(Cl)cs1. The smallest absolute Gasteiger partial charge is 0.239 e. The quantitative estimate of drug-likeness (QED) is 0.882. The van der Waals surface area contributed by atoms with E-state index in [-0.39, 0.29) is 5.91 Å². The minimum atomic E-state index is 0.00234. The molecule has 1 aromatic heterocycles. The molecule has 1 N–H and O–H groups in total. The van der Waals surface area contributed by atoms with Gasteiger partial charge in [-0.1, -0.05) is 25.4 Å². The number of rotatable bonds is 5. The summed E-state index contributed by atoms with van der Waals surface area (Å²) in [6.45, 7) is 5.12. The molecule has 0 saturated carbocycles. The molecule has 0 radical (unpaired) electrons. The van der Waals surface area contributed by atoms with Crippen LogP contribution in [0.15, 0.2) is 5.38 Å². The normalized spacial score (nSPS) is 10.6. The maximum Gasteiger partial charge on any atom is 0.239 e. The van der Waals surface area contributed by atoms with E-state index in [1.165, 1.54) is 11.3 Å². The fourth-order valence-corrected chi connectivity index (χ4v) is 1.99. The molecule has 4 nitrogen and oxygen atoms in total. The molecule has 16 heavy (non-hydrogen) atoms. The molecule has 0 unspecified atom stereocenters. The van der Waals surface area contributed by atoms with E-state index in [0.29, 0.717) is 24.2 Å². The van der Waals surface area contributed by atoms with E-state index in [9.17, 15) is 4.79 Å². The molecule has 90 valence electrons. The van der Waals surface area contributed by atoms with Crippen LogP contribution in [0.25, 0.3) is 0 Å². The topological polar surface area (TPSA) is 45.2 Å². The molecule has 0 aliphatic carbocycles. The lowest BCUT2D eigenvalue weighted by molar-refractivity contribution is -0.119. The second kappa shape index (κ2) is 6.06. The molecular formula is C10H16ClN3OS. The highest BCUT2D eigenvalue weighted by Crippen LogP contribution is 2.21. The first-order valence-electron chi connectivity index (χ1n) is 5.08. The molecule has 0 saturated heterocycles. The maximum atomic E-state index is 11.5. The van der Waals surface area contributed by atoms with Crippen molar-refractivity contribution in [2.45, 2.75) is 13.8 Å². The summed E-state index contributed by atoms with van der Waals surface area (Å²) >= 11 is 7.14. The van der Waals surface area contributed by atoms with Crippen molar-refractivity contribution in [1.82, 2.24) is 10.3 Å². The van der Waals surface area contributed by atoms with Gasteiger partial charge in [-0.15, -0.1) is 11.3 Å². The number of anilines is 1. The third-order valence-electron chi connectivity index (χ3n) is 1.88.